The van der Waals surface area contributed by atoms with E-state index in [-0.39, 0.29) is 0 Å². The molecular weight excluding hydrogens is 222 g/mol. The minimum absolute atomic E-state index is 0.637. The first kappa shape index (κ1) is 13.5. The van der Waals surface area contributed by atoms with Crippen LogP contribution in [-0.2, 0) is 5.60 Å². The summed E-state index contributed by atoms with van der Waals surface area (Å²) in [5.74, 6) is 0.807. The van der Waals surface area contributed by atoms with Crippen molar-refractivity contribution >= 4 is 0 Å². The summed E-state index contributed by atoms with van der Waals surface area (Å²) in [6, 6.07) is 2.09. The van der Waals surface area contributed by atoms with Gasteiger partial charge in [-0.05, 0) is 44.1 Å². The number of hydrogen-bond acceptors (Lipinski definition) is 2. The molecule has 2 rings (SSSR count). The van der Waals surface area contributed by atoms with Gasteiger partial charge in [-0.1, -0.05) is 32.3 Å². The molecule has 1 aliphatic carbocycles. The topological polar surface area (TPSA) is 33.1 Å². The highest BCUT2D eigenvalue weighted by atomic mass is 16.3. The predicted molar refractivity (Wildman–Crippen MR) is 74.4 cm³/mol. The standard InChI is InChI=1S/C16H25NO/c1-3-5-14-6-4-8-16(18,9-7-14)15-10-13(2)11-17-12-15/h10-12,14,18H,3-9H2,1-2H3. The summed E-state index contributed by atoms with van der Waals surface area (Å²) in [5, 5.41) is 10.9. The van der Waals surface area contributed by atoms with E-state index in [1.807, 2.05) is 19.3 Å². The fourth-order valence-corrected chi connectivity index (χ4v) is 3.19. The number of aliphatic hydroxyl groups is 1. The maximum Gasteiger partial charge on any atom is 0.0911 e. The highest BCUT2D eigenvalue weighted by molar-refractivity contribution is 5.23. The summed E-state index contributed by atoms with van der Waals surface area (Å²) in [5.41, 5.74) is 1.51. The molecule has 1 saturated carbocycles. The van der Waals surface area contributed by atoms with E-state index in [1.165, 1.54) is 19.3 Å². The first-order valence-electron chi connectivity index (χ1n) is 7.28. The average Bonchev–Trinajstić information content (AvgIpc) is 2.54. The zero-order chi connectivity index (χ0) is 13.0. The number of nitrogens with zero attached hydrogens (tertiary/aromatic N) is 1. The molecule has 1 N–H and O–H groups in total. The third kappa shape index (κ3) is 3.11. The maximum atomic E-state index is 10.9. The Labute approximate surface area is 110 Å². The van der Waals surface area contributed by atoms with Gasteiger partial charge in [0.1, 0.15) is 0 Å². The van der Waals surface area contributed by atoms with E-state index < -0.39 is 5.60 Å². The van der Waals surface area contributed by atoms with Crippen molar-refractivity contribution in [3.05, 3.63) is 29.6 Å². The van der Waals surface area contributed by atoms with Crippen molar-refractivity contribution in [2.75, 3.05) is 0 Å². The lowest BCUT2D eigenvalue weighted by atomic mass is 9.86. The van der Waals surface area contributed by atoms with Crippen LogP contribution in [0.1, 0.15) is 63.0 Å². The molecule has 2 heteroatoms. The number of aryl methyl sites for hydroxylation is 1. The third-order valence-corrected chi connectivity index (χ3v) is 4.28. The van der Waals surface area contributed by atoms with Gasteiger partial charge in [0.25, 0.3) is 0 Å². The molecule has 2 atom stereocenters. The van der Waals surface area contributed by atoms with Crippen molar-refractivity contribution < 1.29 is 5.11 Å². The molecule has 1 fully saturated rings. The molecule has 1 aromatic heterocycles. The molecule has 0 spiro atoms. The minimum atomic E-state index is -0.637. The van der Waals surface area contributed by atoms with E-state index in [0.29, 0.717) is 0 Å². The fraction of sp³-hybridized carbons (Fsp3) is 0.688. The van der Waals surface area contributed by atoms with Crippen LogP contribution >= 0.6 is 0 Å². The van der Waals surface area contributed by atoms with E-state index in [1.54, 1.807) is 0 Å². The van der Waals surface area contributed by atoms with E-state index in [0.717, 1.165) is 42.7 Å². The van der Waals surface area contributed by atoms with Gasteiger partial charge in [0.2, 0.25) is 0 Å². The zero-order valence-electron chi connectivity index (χ0n) is 11.7. The summed E-state index contributed by atoms with van der Waals surface area (Å²) in [6.07, 6.45) is 11.6. The fourth-order valence-electron chi connectivity index (χ4n) is 3.19. The lowest BCUT2D eigenvalue weighted by molar-refractivity contribution is 0.0192. The van der Waals surface area contributed by atoms with Crippen molar-refractivity contribution in [2.24, 2.45) is 5.92 Å². The first-order chi connectivity index (χ1) is 8.64. The van der Waals surface area contributed by atoms with Gasteiger partial charge in [0, 0.05) is 18.0 Å². The summed E-state index contributed by atoms with van der Waals surface area (Å²) in [6.45, 7) is 4.29. The molecule has 0 aromatic carbocycles. The highest BCUT2D eigenvalue weighted by Crippen LogP contribution is 2.38. The Bertz CT molecular complexity index is 390. The van der Waals surface area contributed by atoms with Crippen molar-refractivity contribution in [1.82, 2.24) is 4.98 Å². The normalized spacial score (nSPS) is 28.9. The van der Waals surface area contributed by atoms with Crippen LogP contribution in [0.15, 0.2) is 18.5 Å². The van der Waals surface area contributed by atoms with Gasteiger partial charge in [0.05, 0.1) is 5.60 Å². The molecule has 1 heterocycles. The van der Waals surface area contributed by atoms with Crippen molar-refractivity contribution in [1.29, 1.82) is 0 Å². The summed E-state index contributed by atoms with van der Waals surface area (Å²) in [7, 11) is 0. The summed E-state index contributed by atoms with van der Waals surface area (Å²) < 4.78 is 0. The largest absolute Gasteiger partial charge is 0.385 e. The van der Waals surface area contributed by atoms with Gasteiger partial charge in [-0.2, -0.15) is 0 Å². The third-order valence-electron chi connectivity index (χ3n) is 4.28. The minimum Gasteiger partial charge on any atom is -0.385 e. The van der Waals surface area contributed by atoms with Crippen molar-refractivity contribution in [3.8, 4) is 0 Å². The molecule has 0 radical (unpaired) electrons. The lowest BCUT2D eigenvalue weighted by Gasteiger charge is -2.27. The molecule has 0 aliphatic heterocycles. The van der Waals surface area contributed by atoms with Gasteiger partial charge in [-0.15, -0.1) is 0 Å². The number of pyridine rings is 1. The van der Waals surface area contributed by atoms with E-state index in [9.17, 15) is 5.11 Å². The monoisotopic (exact) mass is 247 g/mol. The molecule has 18 heavy (non-hydrogen) atoms. The lowest BCUT2D eigenvalue weighted by Crippen LogP contribution is -2.25. The molecule has 2 nitrogen and oxygen atoms in total. The van der Waals surface area contributed by atoms with Gasteiger partial charge in [0.15, 0.2) is 0 Å². The Hall–Kier alpha value is -0.890. The Morgan fingerprint density at radius 3 is 2.89 bits per heavy atom. The summed E-state index contributed by atoms with van der Waals surface area (Å²) in [4.78, 5) is 4.23. The van der Waals surface area contributed by atoms with Gasteiger partial charge < -0.3 is 5.11 Å². The zero-order valence-corrected chi connectivity index (χ0v) is 11.7. The van der Waals surface area contributed by atoms with E-state index >= 15 is 0 Å². The quantitative estimate of drug-likeness (QED) is 0.820. The van der Waals surface area contributed by atoms with Crippen molar-refractivity contribution in [2.45, 2.75) is 64.4 Å². The molecule has 0 amide bonds. The van der Waals surface area contributed by atoms with Crippen molar-refractivity contribution in [3.63, 3.8) is 0 Å². The summed E-state index contributed by atoms with van der Waals surface area (Å²) >= 11 is 0. The van der Waals surface area contributed by atoms with Gasteiger partial charge >= 0.3 is 0 Å². The van der Waals surface area contributed by atoms with Crippen LogP contribution in [-0.4, -0.2) is 10.1 Å². The van der Waals surface area contributed by atoms with Crippen LogP contribution in [0.3, 0.4) is 0 Å². The Morgan fingerprint density at radius 1 is 1.33 bits per heavy atom. The van der Waals surface area contributed by atoms with Crippen LogP contribution in [0.4, 0.5) is 0 Å². The number of aromatic nitrogens is 1. The Kier molecular flexibility index (Phi) is 4.39. The second-order valence-electron chi connectivity index (χ2n) is 5.87. The maximum absolute atomic E-state index is 10.9. The average molecular weight is 247 g/mol. The Morgan fingerprint density at radius 2 is 2.17 bits per heavy atom. The van der Waals surface area contributed by atoms with E-state index in [2.05, 4.69) is 18.0 Å². The number of hydrogen-bond donors (Lipinski definition) is 1. The predicted octanol–water partition coefficient (Wildman–Crippen LogP) is 3.96. The van der Waals surface area contributed by atoms with Crippen LogP contribution in [0, 0.1) is 12.8 Å². The first-order valence-corrected chi connectivity index (χ1v) is 7.28. The second kappa shape index (κ2) is 5.83. The van der Waals surface area contributed by atoms with E-state index in [4.69, 9.17) is 0 Å². The van der Waals surface area contributed by atoms with Crippen LogP contribution in [0.5, 0.6) is 0 Å². The molecule has 0 bridgehead atoms. The molecular formula is C16H25NO. The second-order valence-corrected chi connectivity index (χ2v) is 5.87. The smallest absolute Gasteiger partial charge is 0.0911 e. The van der Waals surface area contributed by atoms with Gasteiger partial charge in [-0.3, -0.25) is 4.98 Å². The van der Waals surface area contributed by atoms with Crippen LogP contribution in [0.25, 0.3) is 0 Å². The van der Waals surface area contributed by atoms with Crippen LogP contribution < -0.4 is 0 Å². The SMILES string of the molecule is CCCC1CCCC(O)(c2cncc(C)c2)CC1. The molecule has 1 aliphatic rings. The molecule has 100 valence electrons. The van der Waals surface area contributed by atoms with Gasteiger partial charge in [-0.25, -0.2) is 0 Å². The Balaban J connectivity index is 2.11. The molecule has 1 aromatic rings. The van der Waals surface area contributed by atoms with Crippen LogP contribution in [0.2, 0.25) is 0 Å². The molecule has 0 saturated heterocycles. The molecule has 2 unspecified atom stereocenters. The number of rotatable bonds is 3. The highest BCUT2D eigenvalue weighted by Gasteiger charge is 2.32.